The maximum Gasteiger partial charge on any atom is 0.241 e. The van der Waals surface area contributed by atoms with E-state index in [1.807, 2.05) is 12.1 Å². The Morgan fingerprint density at radius 2 is 1.90 bits per heavy atom. The smallest absolute Gasteiger partial charge is 0.241 e. The van der Waals surface area contributed by atoms with Gasteiger partial charge in [0.2, 0.25) is 27.6 Å². The molecule has 0 aliphatic carbocycles. The van der Waals surface area contributed by atoms with Crippen molar-refractivity contribution in [1.82, 2.24) is 19.8 Å². The van der Waals surface area contributed by atoms with Gasteiger partial charge >= 0.3 is 0 Å². The third-order valence-electron chi connectivity index (χ3n) is 6.84. The lowest BCUT2D eigenvalue weighted by molar-refractivity contribution is -0.121. The Morgan fingerprint density at radius 1 is 1.18 bits per heavy atom. The van der Waals surface area contributed by atoms with Crippen LogP contribution in [-0.2, 0) is 26.8 Å². The molecule has 2 aromatic carbocycles. The van der Waals surface area contributed by atoms with Crippen LogP contribution in [-0.4, -0.2) is 55.6 Å². The van der Waals surface area contributed by atoms with E-state index < -0.39 is 10.0 Å². The molecule has 11 heteroatoms. The van der Waals surface area contributed by atoms with E-state index >= 15 is 0 Å². The maximum atomic E-state index is 13.2. The lowest BCUT2D eigenvalue weighted by Gasteiger charge is -2.31. The second-order valence-corrected chi connectivity index (χ2v) is 13.3. The molecule has 1 aromatic heterocycles. The number of likely N-dealkylation sites (tertiary alicyclic amines) is 1. The SMILES string of the molecule is COc1ccc(S(=O)(=O)NC(C)C)cc1NC(=O)C1CCCN(Cc2nc(-c3ccc(C(C)(C)C)cc3)no2)C1. The number of amides is 1. The first-order valence-corrected chi connectivity index (χ1v) is 15.0. The molecular formula is C29H39N5O5S. The van der Waals surface area contributed by atoms with E-state index in [0.717, 1.165) is 18.5 Å². The highest BCUT2D eigenvalue weighted by molar-refractivity contribution is 7.89. The van der Waals surface area contributed by atoms with Crippen LogP contribution in [0.4, 0.5) is 5.69 Å². The van der Waals surface area contributed by atoms with Gasteiger partial charge in [-0.3, -0.25) is 9.69 Å². The first-order chi connectivity index (χ1) is 18.9. The van der Waals surface area contributed by atoms with Crippen molar-refractivity contribution in [3.05, 3.63) is 53.9 Å². The topological polar surface area (TPSA) is 127 Å². The van der Waals surface area contributed by atoms with Crippen molar-refractivity contribution < 1.29 is 22.5 Å². The standard InChI is InChI=1S/C29H39N5O5S/c1-19(2)33-40(36,37)23-13-14-25(38-6)24(16-23)30-28(35)21-8-7-15-34(17-21)18-26-31-27(32-39-26)20-9-11-22(12-10-20)29(3,4)5/h9-14,16,19,21,33H,7-8,15,17-18H2,1-6H3,(H,30,35). The summed E-state index contributed by atoms with van der Waals surface area (Å²) < 4.78 is 38.8. The summed E-state index contributed by atoms with van der Waals surface area (Å²) in [6.45, 7) is 11.8. The van der Waals surface area contributed by atoms with Gasteiger partial charge in [-0.05, 0) is 62.4 Å². The Balaban J connectivity index is 1.41. The van der Waals surface area contributed by atoms with Crippen molar-refractivity contribution in [2.24, 2.45) is 5.92 Å². The van der Waals surface area contributed by atoms with E-state index in [9.17, 15) is 13.2 Å². The normalized spacial score (nSPS) is 16.7. The summed E-state index contributed by atoms with van der Waals surface area (Å²) in [5, 5.41) is 7.05. The monoisotopic (exact) mass is 569 g/mol. The molecule has 2 heterocycles. The molecule has 10 nitrogen and oxygen atoms in total. The van der Waals surface area contributed by atoms with Crippen LogP contribution >= 0.6 is 0 Å². The number of nitrogens with one attached hydrogen (secondary N) is 2. The zero-order valence-corrected chi connectivity index (χ0v) is 24.8. The lowest BCUT2D eigenvalue weighted by atomic mass is 9.87. The Morgan fingerprint density at radius 3 is 2.55 bits per heavy atom. The van der Waals surface area contributed by atoms with Crippen molar-refractivity contribution >= 4 is 21.6 Å². The molecule has 1 aliphatic heterocycles. The number of aromatic nitrogens is 2. The number of rotatable bonds is 9. The van der Waals surface area contributed by atoms with Crippen molar-refractivity contribution in [3.63, 3.8) is 0 Å². The van der Waals surface area contributed by atoms with Crippen molar-refractivity contribution in [1.29, 1.82) is 0 Å². The van der Waals surface area contributed by atoms with Gasteiger partial charge in [0.1, 0.15) is 5.75 Å². The van der Waals surface area contributed by atoms with Crippen LogP contribution in [0.5, 0.6) is 5.75 Å². The van der Waals surface area contributed by atoms with Gasteiger partial charge in [0, 0.05) is 18.2 Å². The van der Waals surface area contributed by atoms with E-state index in [-0.39, 0.29) is 28.2 Å². The summed E-state index contributed by atoms with van der Waals surface area (Å²) in [6.07, 6.45) is 1.55. The van der Waals surface area contributed by atoms with Crippen molar-refractivity contribution in [3.8, 4) is 17.1 Å². The number of nitrogens with zero attached hydrogens (tertiary/aromatic N) is 3. The quantitative estimate of drug-likeness (QED) is 0.384. The second-order valence-electron chi connectivity index (χ2n) is 11.5. The molecule has 4 rings (SSSR count). The number of hydrogen-bond acceptors (Lipinski definition) is 8. The first kappa shape index (κ1) is 29.7. The molecule has 1 unspecified atom stereocenters. The molecule has 1 atom stereocenters. The molecule has 0 saturated carbocycles. The van der Waals surface area contributed by atoms with Gasteiger partial charge in [0.05, 0.1) is 30.2 Å². The Kier molecular flexibility index (Phi) is 8.96. The number of carbonyl (C=O) groups excluding carboxylic acids is 1. The number of ether oxygens (including phenoxy) is 1. The number of hydrogen-bond donors (Lipinski definition) is 2. The summed E-state index contributed by atoms with van der Waals surface area (Å²) >= 11 is 0. The molecule has 1 aliphatic rings. The van der Waals surface area contributed by atoms with E-state index in [1.165, 1.54) is 24.8 Å². The van der Waals surface area contributed by atoms with Crippen LogP contribution in [0.2, 0.25) is 0 Å². The van der Waals surface area contributed by atoms with Crippen molar-refractivity contribution in [2.45, 2.75) is 70.4 Å². The van der Waals surface area contributed by atoms with Gasteiger partial charge in [0.25, 0.3) is 0 Å². The zero-order chi connectivity index (χ0) is 29.1. The van der Waals surface area contributed by atoms with Gasteiger partial charge in [-0.25, -0.2) is 13.1 Å². The van der Waals surface area contributed by atoms with Crippen LogP contribution in [0, 0.1) is 5.92 Å². The van der Waals surface area contributed by atoms with Crippen LogP contribution in [0.25, 0.3) is 11.4 Å². The zero-order valence-electron chi connectivity index (χ0n) is 24.0. The molecule has 40 heavy (non-hydrogen) atoms. The average molecular weight is 570 g/mol. The number of anilines is 1. The summed E-state index contributed by atoms with van der Waals surface area (Å²) in [4.78, 5) is 20.0. The number of sulfonamides is 1. The largest absolute Gasteiger partial charge is 0.495 e. The minimum Gasteiger partial charge on any atom is -0.495 e. The highest BCUT2D eigenvalue weighted by Gasteiger charge is 2.28. The molecule has 1 amide bonds. The van der Waals surface area contributed by atoms with Gasteiger partial charge in [-0.2, -0.15) is 4.98 Å². The molecule has 3 aromatic rings. The third-order valence-corrected chi connectivity index (χ3v) is 8.50. The predicted molar refractivity (Wildman–Crippen MR) is 154 cm³/mol. The lowest BCUT2D eigenvalue weighted by Crippen LogP contribution is -2.40. The minimum absolute atomic E-state index is 0.0582. The summed E-state index contributed by atoms with van der Waals surface area (Å²) in [5.41, 5.74) is 2.50. The Bertz CT molecular complexity index is 1430. The fraction of sp³-hybridized carbons (Fsp3) is 0.483. The van der Waals surface area contributed by atoms with Crippen molar-refractivity contribution in [2.75, 3.05) is 25.5 Å². The summed E-state index contributed by atoms with van der Waals surface area (Å²) in [6, 6.07) is 12.3. The summed E-state index contributed by atoms with van der Waals surface area (Å²) in [7, 11) is -2.25. The molecule has 2 N–H and O–H groups in total. The number of methoxy groups -OCH3 is 1. The van der Waals surface area contributed by atoms with Gasteiger partial charge in [-0.15, -0.1) is 0 Å². The summed E-state index contributed by atoms with van der Waals surface area (Å²) in [5.74, 6) is 0.932. The molecule has 0 spiro atoms. The highest BCUT2D eigenvalue weighted by Crippen LogP contribution is 2.30. The van der Waals surface area contributed by atoms with Crippen LogP contribution < -0.4 is 14.8 Å². The number of carbonyl (C=O) groups is 1. The molecule has 0 radical (unpaired) electrons. The third kappa shape index (κ3) is 7.26. The fourth-order valence-corrected chi connectivity index (χ4v) is 6.00. The fourth-order valence-electron chi connectivity index (χ4n) is 4.73. The minimum atomic E-state index is -3.73. The molecule has 1 fully saturated rings. The average Bonchev–Trinajstić information content (AvgIpc) is 3.36. The number of benzene rings is 2. The molecular weight excluding hydrogens is 530 g/mol. The second kappa shape index (κ2) is 12.1. The van der Waals surface area contributed by atoms with E-state index in [0.29, 0.717) is 42.7 Å². The van der Waals surface area contributed by atoms with Crippen LogP contribution in [0.3, 0.4) is 0 Å². The molecule has 1 saturated heterocycles. The van der Waals surface area contributed by atoms with E-state index in [4.69, 9.17) is 9.26 Å². The molecule has 0 bridgehead atoms. The van der Waals surface area contributed by atoms with Crippen LogP contribution in [0.15, 0.2) is 51.9 Å². The number of piperidine rings is 1. The predicted octanol–water partition coefficient (Wildman–Crippen LogP) is 4.58. The van der Waals surface area contributed by atoms with Crippen LogP contribution in [0.1, 0.15) is 58.9 Å². The van der Waals surface area contributed by atoms with Gasteiger partial charge < -0.3 is 14.6 Å². The van der Waals surface area contributed by atoms with E-state index in [1.54, 1.807) is 19.9 Å². The van der Waals surface area contributed by atoms with Gasteiger partial charge in [0.15, 0.2) is 0 Å². The Labute approximate surface area is 236 Å². The van der Waals surface area contributed by atoms with Gasteiger partial charge in [-0.1, -0.05) is 50.2 Å². The molecule has 216 valence electrons. The van der Waals surface area contributed by atoms with E-state index in [2.05, 4.69) is 58.0 Å². The highest BCUT2D eigenvalue weighted by atomic mass is 32.2. The first-order valence-electron chi connectivity index (χ1n) is 13.5. The maximum absolute atomic E-state index is 13.2. The Hall–Kier alpha value is -3.28.